The van der Waals surface area contributed by atoms with Crippen molar-refractivity contribution < 1.29 is 4.74 Å². The van der Waals surface area contributed by atoms with Crippen LogP contribution in [0.3, 0.4) is 0 Å². The van der Waals surface area contributed by atoms with Crippen LogP contribution in [-0.2, 0) is 0 Å². The number of rotatable bonds is 5. The highest BCUT2D eigenvalue weighted by Crippen LogP contribution is 2.26. The van der Waals surface area contributed by atoms with E-state index in [-0.39, 0.29) is 0 Å². The summed E-state index contributed by atoms with van der Waals surface area (Å²) in [6.07, 6.45) is 0. The predicted molar refractivity (Wildman–Crippen MR) is 84.5 cm³/mol. The van der Waals surface area contributed by atoms with Gasteiger partial charge in [-0.3, -0.25) is 0 Å². The second-order valence-corrected chi connectivity index (χ2v) is 5.15. The van der Waals surface area contributed by atoms with Gasteiger partial charge in [0.2, 0.25) is 0 Å². The van der Waals surface area contributed by atoms with E-state index in [4.69, 9.17) is 10.5 Å². The molecule has 0 radical (unpaired) electrons. The van der Waals surface area contributed by atoms with Crippen LogP contribution >= 0.6 is 11.5 Å². The second kappa shape index (κ2) is 5.79. The molecule has 102 valence electrons. The molecule has 0 spiro atoms. The molecule has 0 unspecified atom stereocenters. The SMILES string of the molecule is Nc1ccc(OCCNc2snc3ccccc23)cc1. The topological polar surface area (TPSA) is 60.2 Å². The number of hydrogen-bond donors (Lipinski definition) is 2. The quantitative estimate of drug-likeness (QED) is 0.557. The summed E-state index contributed by atoms with van der Waals surface area (Å²) < 4.78 is 10.0. The van der Waals surface area contributed by atoms with Crippen molar-refractivity contribution in [3.8, 4) is 5.75 Å². The van der Waals surface area contributed by atoms with E-state index in [2.05, 4.69) is 15.8 Å². The van der Waals surface area contributed by atoms with Gasteiger partial charge in [0.1, 0.15) is 17.4 Å². The van der Waals surface area contributed by atoms with Gasteiger partial charge in [-0.2, -0.15) is 4.37 Å². The Bertz CT molecular complexity index is 694. The van der Waals surface area contributed by atoms with Gasteiger partial charge in [-0.1, -0.05) is 12.1 Å². The van der Waals surface area contributed by atoms with E-state index in [1.54, 1.807) is 0 Å². The molecule has 0 saturated heterocycles. The predicted octanol–water partition coefficient (Wildman–Crippen LogP) is 3.37. The Morgan fingerprint density at radius 3 is 2.75 bits per heavy atom. The first kappa shape index (κ1) is 12.7. The Hall–Kier alpha value is -2.27. The number of fused-ring (bicyclic) bond motifs is 1. The number of benzene rings is 2. The molecule has 0 aliphatic heterocycles. The Morgan fingerprint density at radius 2 is 1.90 bits per heavy atom. The highest BCUT2D eigenvalue weighted by molar-refractivity contribution is 7.11. The fraction of sp³-hybridized carbons (Fsp3) is 0.133. The van der Waals surface area contributed by atoms with Crippen LogP contribution in [0.1, 0.15) is 0 Å². The van der Waals surface area contributed by atoms with Crippen LogP contribution < -0.4 is 15.8 Å². The fourth-order valence-corrected chi connectivity index (χ4v) is 2.70. The van der Waals surface area contributed by atoms with Crippen molar-refractivity contribution in [3.63, 3.8) is 0 Å². The van der Waals surface area contributed by atoms with Crippen LogP contribution in [0.4, 0.5) is 10.7 Å². The third-order valence-corrected chi connectivity index (χ3v) is 3.76. The molecule has 0 aliphatic rings. The van der Waals surface area contributed by atoms with Gasteiger partial charge in [-0.05, 0) is 47.9 Å². The summed E-state index contributed by atoms with van der Waals surface area (Å²) in [6, 6.07) is 15.5. The van der Waals surface area contributed by atoms with Crippen molar-refractivity contribution in [3.05, 3.63) is 48.5 Å². The molecule has 0 aliphatic carbocycles. The number of nitrogens with zero attached hydrogens (tertiary/aromatic N) is 1. The molecule has 3 N–H and O–H groups in total. The normalized spacial score (nSPS) is 10.6. The zero-order chi connectivity index (χ0) is 13.8. The van der Waals surface area contributed by atoms with E-state index < -0.39 is 0 Å². The Balaban J connectivity index is 1.54. The van der Waals surface area contributed by atoms with Crippen LogP contribution in [0.2, 0.25) is 0 Å². The molecule has 3 rings (SSSR count). The minimum absolute atomic E-state index is 0.593. The summed E-state index contributed by atoms with van der Waals surface area (Å²) in [4.78, 5) is 0. The first-order valence-corrected chi connectivity index (χ1v) is 7.17. The lowest BCUT2D eigenvalue weighted by molar-refractivity contribution is 0.333. The lowest BCUT2D eigenvalue weighted by atomic mass is 10.2. The minimum atomic E-state index is 0.593. The van der Waals surface area contributed by atoms with Crippen molar-refractivity contribution in [2.75, 3.05) is 24.2 Å². The zero-order valence-electron chi connectivity index (χ0n) is 10.9. The molecule has 5 heteroatoms. The Kier molecular flexibility index (Phi) is 3.69. The minimum Gasteiger partial charge on any atom is -0.492 e. The van der Waals surface area contributed by atoms with Crippen molar-refractivity contribution in [1.29, 1.82) is 0 Å². The van der Waals surface area contributed by atoms with Crippen LogP contribution in [0.5, 0.6) is 5.75 Å². The molecule has 2 aromatic carbocycles. The number of anilines is 2. The first-order chi connectivity index (χ1) is 9.83. The maximum absolute atomic E-state index is 5.64. The molecule has 0 atom stereocenters. The standard InChI is InChI=1S/C15H15N3OS/c16-11-5-7-12(8-6-11)19-10-9-17-15-13-3-1-2-4-14(13)18-20-15/h1-8,17H,9-10,16H2. The summed E-state index contributed by atoms with van der Waals surface area (Å²) in [7, 11) is 0. The van der Waals surface area contributed by atoms with Gasteiger partial charge >= 0.3 is 0 Å². The van der Waals surface area contributed by atoms with E-state index in [0.717, 1.165) is 33.9 Å². The van der Waals surface area contributed by atoms with E-state index >= 15 is 0 Å². The molecule has 1 aromatic heterocycles. The third-order valence-electron chi connectivity index (χ3n) is 2.92. The van der Waals surface area contributed by atoms with Crippen LogP contribution in [-0.4, -0.2) is 17.5 Å². The maximum Gasteiger partial charge on any atom is 0.119 e. The Morgan fingerprint density at radius 1 is 1.10 bits per heavy atom. The number of nitrogen functional groups attached to an aromatic ring is 1. The number of nitrogens with two attached hydrogens (primary N) is 1. The largest absolute Gasteiger partial charge is 0.492 e. The molecule has 20 heavy (non-hydrogen) atoms. The smallest absolute Gasteiger partial charge is 0.119 e. The average Bonchev–Trinajstić information content (AvgIpc) is 2.89. The van der Waals surface area contributed by atoms with Gasteiger partial charge in [0.05, 0.1) is 5.52 Å². The fourth-order valence-electron chi connectivity index (χ4n) is 1.91. The number of aromatic nitrogens is 1. The highest BCUT2D eigenvalue weighted by atomic mass is 32.1. The van der Waals surface area contributed by atoms with Crippen LogP contribution in [0, 0.1) is 0 Å². The molecule has 4 nitrogen and oxygen atoms in total. The van der Waals surface area contributed by atoms with Crippen LogP contribution in [0.15, 0.2) is 48.5 Å². The number of nitrogens with one attached hydrogen (secondary N) is 1. The summed E-state index contributed by atoms with van der Waals surface area (Å²) in [5.74, 6) is 0.829. The molecule has 0 saturated carbocycles. The molecule has 0 amide bonds. The summed E-state index contributed by atoms with van der Waals surface area (Å²) in [5.41, 5.74) is 7.39. The monoisotopic (exact) mass is 285 g/mol. The first-order valence-electron chi connectivity index (χ1n) is 6.39. The second-order valence-electron chi connectivity index (χ2n) is 4.37. The lowest BCUT2D eigenvalue weighted by Crippen LogP contribution is -2.10. The zero-order valence-corrected chi connectivity index (χ0v) is 11.7. The van der Waals surface area contributed by atoms with E-state index in [0.29, 0.717) is 6.61 Å². The average molecular weight is 285 g/mol. The van der Waals surface area contributed by atoms with E-state index in [9.17, 15) is 0 Å². The molecule has 0 bridgehead atoms. The van der Waals surface area contributed by atoms with Crippen molar-refractivity contribution in [2.45, 2.75) is 0 Å². The number of hydrogen-bond acceptors (Lipinski definition) is 5. The highest BCUT2D eigenvalue weighted by Gasteiger charge is 2.03. The van der Waals surface area contributed by atoms with Gasteiger partial charge in [-0.25, -0.2) is 0 Å². The third kappa shape index (κ3) is 2.83. The van der Waals surface area contributed by atoms with E-state index in [1.165, 1.54) is 11.5 Å². The van der Waals surface area contributed by atoms with Crippen molar-refractivity contribution >= 4 is 33.1 Å². The molecule has 1 heterocycles. The summed E-state index contributed by atoms with van der Waals surface area (Å²) in [6.45, 7) is 1.33. The molecular weight excluding hydrogens is 270 g/mol. The number of ether oxygens (including phenoxy) is 1. The van der Waals surface area contributed by atoms with Gasteiger partial charge in [0, 0.05) is 17.6 Å². The van der Waals surface area contributed by atoms with Crippen molar-refractivity contribution in [1.82, 2.24) is 4.37 Å². The van der Waals surface area contributed by atoms with E-state index in [1.807, 2.05) is 42.5 Å². The summed E-state index contributed by atoms with van der Waals surface area (Å²) >= 11 is 1.48. The summed E-state index contributed by atoms with van der Waals surface area (Å²) in [5, 5.41) is 5.60. The lowest BCUT2D eigenvalue weighted by Gasteiger charge is -2.07. The van der Waals surface area contributed by atoms with Gasteiger partial charge < -0.3 is 15.8 Å². The molecular formula is C15H15N3OS. The molecule has 3 aromatic rings. The van der Waals surface area contributed by atoms with Gasteiger partial charge in [0.25, 0.3) is 0 Å². The van der Waals surface area contributed by atoms with Crippen molar-refractivity contribution in [2.24, 2.45) is 0 Å². The van der Waals surface area contributed by atoms with Crippen LogP contribution in [0.25, 0.3) is 10.9 Å². The Labute approximate surface area is 121 Å². The van der Waals surface area contributed by atoms with Gasteiger partial charge in [-0.15, -0.1) is 0 Å². The van der Waals surface area contributed by atoms with Gasteiger partial charge in [0.15, 0.2) is 0 Å². The maximum atomic E-state index is 5.64. The molecule has 0 fully saturated rings.